The van der Waals surface area contributed by atoms with E-state index >= 15 is 0 Å². The number of rotatable bonds is 9. The lowest BCUT2D eigenvalue weighted by Crippen LogP contribution is -2.03. The van der Waals surface area contributed by atoms with E-state index < -0.39 is 0 Å². The quantitative estimate of drug-likeness (QED) is 0.313. The van der Waals surface area contributed by atoms with Crippen molar-refractivity contribution in [3.8, 4) is 0 Å². The fourth-order valence-electron chi connectivity index (χ4n) is 5.89. The van der Waals surface area contributed by atoms with E-state index in [-0.39, 0.29) is 0 Å². The SMILES string of the molecule is C=C(/C=C/C)CC.CCC1=C(C)C=C(C[C@H]2CC[C@H](c3cc(CC)c(CC)c(CC)c3)C2)C=CC1. The van der Waals surface area contributed by atoms with Crippen LogP contribution < -0.4 is 0 Å². The summed E-state index contributed by atoms with van der Waals surface area (Å²) in [6.45, 7) is 19.4. The van der Waals surface area contributed by atoms with E-state index in [0.29, 0.717) is 0 Å². The standard InChI is InChI=1S/C28H40.C7H12/c1-6-23-12-10-11-21(15-20(23)5)16-22-13-14-26(17-22)27-18-24(7-2)28(9-4)25(8-3)19-27;1-4-6-7(3)5-2/h10-11,15,18-19,22,26H,6-9,12-14,16-17H2,1-5H3;4,6H,3,5H2,1-2H3/b;6-4+/t22-,26+;/m1./s1. The van der Waals surface area contributed by atoms with E-state index in [1.165, 1.54) is 62.5 Å². The van der Waals surface area contributed by atoms with Gasteiger partial charge in [0, 0.05) is 0 Å². The van der Waals surface area contributed by atoms with E-state index in [0.717, 1.165) is 24.7 Å². The summed E-state index contributed by atoms with van der Waals surface area (Å²) in [5.41, 5.74) is 12.3. The number of hydrogen-bond donors (Lipinski definition) is 0. The monoisotopic (exact) mass is 472 g/mol. The second-order valence-electron chi connectivity index (χ2n) is 10.4. The summed E-state index contributed by atoms with van der Waals surface area (Å²) in [5.74, 6) is 1.61. The summed E-state index contributed by atoms with van der Waals surface area (Å²) in [6, 6.07) is 5.10. The lowest BCUT2D eigenvalue weighted by Gasteiger charge is -2.18. The van der Waals surface area contributed by atoms with Gasteiger partial charge in [0.05, 0.1) is 0 Å². The Morgan fingerprint density at radius 1 is 0.971 bits per heavy atom. The second-order valence-corrected chi connectivity index (χ2v) is 10.4. The molecule has 0 unspecified atom stereocenters. The van der Waals surface area contributed by atoms with Crippen LogP contribution in [0.1, 0.15) is 122 Å². The largest absolute Gasteiger partial charge is 0.0959 e. The molecule has 2 aliphatic rings. The van der Waals surface area contributed by atoms with E-state index in [9.17, 15) is 0 Å². The molecular formula is C35H52. The van der Waals surface area contributed by atoms with Crippen LogP contribution in [-0.2, 0) is 19.3 Å². The molecule has 1 aromatic rings. The topological polar surface area (TPSA) is 0 Å². The lowest BCUT2D eigenvalue weighted by molar-refractivity contribution is 0.538. The fraction of sp³-hybridized carbons (Fsp3) is 0.543. The first kappa shape index (κ1) is 29.2. The van der Waals surface area contributed by atoms with Crippen LogP contribution in [0.4, 0.5) is 0 Å². The molecule has 1 aromatic carbocycles. The van der Waals surface area contributed by atoms with Crippen molar-refractivity contribution in [2.75, 3.05) is 0 Å². The minimum atomic E-state index is 0.768. The molecule has 0 spiro atoms. The van der Waals surface area contributed by atoms with Gasteiger partial charge in [-0.05, 0) is 118 Å². The Hall–Kier alpha value is -2.08. The molecular weight excluding hydrogens is 420 g/mol. The van der Waals surface area contributed by atoms with Crippen molar-refractivity contribution in [2.45, 2.75) is 119 Å². The van der Waals surface area contributed by atoms with Crippen LogP contribution in [0.3, 0.4) is 0 Å². The molecule has 0 heterocycles. The maximum absolute atomic E-state index is 3.78. The molecule has 192 valence electrons. The van der Waals surface area contributed by atoms with Crippen molar-refractivity contribution in [3.63, 3.8) is 0 Å². The molecule has 0 heteroatoms. The predicted molar refractivity (Wildman–Crippen MR) is 158 cm³/mol. The van der Waals surface area contributed by atoms with Gasteiger partial charge < -0.3 is 0 Å². The summed E-state index contributed by atoms with van der Waals surface area (Å²) >= 11 is 0. The number of hydrogen-bond acceptors (Lipinski definition) is 0. The van der Waals surface area contributed by atoms with Crippen molar-refractivity contribution in [1.29, 1.82) is 0 Å². The van der Waals surface area contributed by atoms with Crippen molar-refractivity contribution < 1.29 is 0 Å². The molecule has 0 N–H and O–H groups in total. The first-order chi connectivity index (χ1) is 16.9. The van der Waals surface area contributed by atoms with E-state index in [4.69, 9.17) is 0 Å². The molecule has 0 aromatic heterocycles. The van der Waals surface area contributed by atoms with Crippen LogP contribution in [-0.4, -0.2) is 0 Å². The molecule has 3 rings (SSSR count). The van der Waals surface area contributed by atoms with Crippen molar-refractivity contribution in [2.24, 2.45) is 5.92 Å². The normalized spacial score (nSPS) is 20.0. The van der Waals surface area contributed by atoms with E-state index in [1.54, 1.807) is 33.4 Å². The van der Waals surface area contributed by atoms with Gasteiger partial charge in [-0.25, -0.2) is 0 Å². The van der Waals surface area contributed by atoms with Crippen LogP contribution in [0.2, 0.25) is 0 Å². The average molecular weight is 473 g/mol. The minimum Gasteiger partial charge on any atom is -0.0959 e. The van der Waals surface area contributed by atoms with Crippen LogP contribution in [0.25, 0.3) is 0 Å². The Bertz CT molecular complexity index is 921. The molecule has 1 saturated carbocycles. The molecule has 1 fully saturated rings. The van der Waals surface area contributed by atoms with Gasteiger partial charge in [0.25, 0.3) is 0 Å². The smallest absolute Gasteiger partial charge is 0.0130 e. The van der Waals surface area contributed by atoms with Crippen LogP contribution in [0, 0.1) is 5.92 Å². The Balaban J connectivity index is 0.000000540. The Labute approximate surface area is 218 Å². The number of allylic oxidation sites excluding steroid dienone is 9. The maximum Gasteiger partial charge on any atom is -0.0130 e. The third-order valence-electron chi connectivity index (χ3n) is 8.05. The van der Waals surface area contributed by atoms with Gasteiger partial charge in [0.15, 0.2) is 0 Å². The third kappa shape index (κ3) is 8.52. The molecule has 0 amide bonds. The molecule has 2 atom stereocenters. The highest BCUT2D eigenvalue weighted by atomic mass is 14.3. The molecule has 2 aliphatic carbocycles. The van der Waals surface area contributed by atoms with Gasteiger partial charge >= 0.3 is 0 Å². The molecule has 0 aliphatic heterocycles. The summed E-state index contributed by atoms with van der Waals surface area (Å²) < 4.78 is 0. The summed E-state index contributed by atoms with van der Waals surface area (Å²) in [7, 11) is 0. The summed E-state index contributed by atoms with van der Waals surface area (Å²) in [5, 5.41) is 0. The van der Waals surface area contributed by atoms with Crippen molar-refractivity contribution >= 4 is 0 Å². The number of benzene rings is 1. The van der Waals surface area contributed by atoms with Gasteiger partial charge in [-0.1, -0.05) is 100 Å². The molecule has 35 heavy (non-hydrogen) atoms. The molecule has 0 nitrogen and oxygen atoms in total. The molecule has 0 saturated heterocycles. The van der Waals surface area contributed by atoms with Crippen molar-refractivity contribution in [3.05, 3.63) is 93.6 Å². The predicted octanol–water partition coefficient (Wildman–Crippen LogP) is 10.8. The molecule has 0 bridgehead atoms. The maximum atomic E-state index is 3.78. The highest BCUT2D eigenvalue weighted by molar-refractivity contribution is 5.42. The van der Waals surface area contributed by atoms with Crippen LogP contribution in [0.5, 0.6) is 0 Å². The van der Waals surface area contributed by atoms with E-state index in [2.05, 4.69) is 78.5 Å². The van der Waals surface area contributed by atoms with Gasteiger partial charge in [-0.3, -0.25) is 0 Å². The zero-order chi connectivity index (χ0) is 25.8. The van der Waals surface area contributed by atoms with E-state index in [1.807, 2.05) is 19.1 Å². The first-order valence-corrected chi connectivity index (χ1v) is 14.4. The first-order valence-electron chi connectivity index (χ1n) is 14.4. The minimum absolute atomic E-state index is 0.768. The van der Waals surface area contributed by atoms with Gasteiger partial charge in [0.1, 0.15) is 0 Å². The Morgan fingerprint density at radius 3 is 2.17 bits per heavy atom. The zero-order valence-corrected chi connectivity index (χ0v) is 24.0. The van der Waals surface area contributed by atoms with Crippen molar-refractivity contribution in [1.82, 2.24) is 0 Å². The highest BCUT2D eigenvalue weighted by Crippen LogP contribution is 2.42. The lowest BCUT2D eigenvalue weighted by atomic mass is 9.87. The highest BCUT2D eigenvalue weighted by Gasteiger charge is 2.27. The summed E-state index contributed by atoms with van der Waals surface area (Å²) in [6.07, 6.45) is 23.6. The second kappa shape index (κ2) is 15.1. The average Bonchev–Trinajstić information content (AvgIpc) is 3.26. The Kier molecular flexibility index (Phi) is 12.6. The third-order valence-corrected chi connectivity index (χ3v) is 8.05. The van der Waals surface area contributed by atoms with Gasteiger partial charge in [-0.15, -0.1) is 0 Å². The number of aryl methyl sites for hydroxylation is 2. The Morgan fingerprint density at radius 2 is 1.66 bits per heavy atom. The fourth-order valence-corrected chi connectivity index (χ4v) is 5.89. The summed E-state index contributed by atoms with van der Waals surface area (Å²) in [4.78, 5) is 0. The van der Waals surface area contributed by atoms with Crippen LogP contribution >= 0.6 is 0 Å². The van der Waals surface area contributed by atoms with Gasteiger partial charge in [-0.2, -0.15) is 0 Å². The van der Waals surface area contributed by atoms with Gasteiger partial charge in [0.2, 0.25) is 0 Å². The van der Waals surface area contributed by atoms with Crippen LogP contribution in [0.15, 0.2) is 71.4 Å². The zero-order valence-electron chi connectivity index (χ0n) is 24.0. The molecule has 0 radical (unpaired) electrons.